The fraction of sp³-hybridized carbons (Fsp3) is 0.538. The zero-order chi connectivity index (χ0) is 12.4. The first-order chi connectivity index (χ1) is 8.81. The molecule has 18 heavy (non-hydrogen) atoms. The van der Waals surface area contributed by atoms with Crippen LogP contribution in [0.5, 0.6) is 0 Å². The lowest BCUT2D eigenvalue weighted by Gasteiger charge is -2.10. The van der Waals surface area contributed by atoms with E-state index in [2.05, 4.69) is 10.3 Å². The second-order valence-electron chi connectivity index (χ2n) is 4.90. The molecule has 0 atom stereocenters. The highest BCUT2D eigenvalue weighted by Gasteiger charge is 2.15. The molecule has 2 aromatic rings. The fourth-order valence-electron chi connectivity index (χ4n) is 2.51. The first-order valence-corrected chi connectivity index (χ1v) is 7.35. The minimum atomic E-state index is 0.229. The van der Waals surface area contributed by atoms with Gasteiger partial charge in [-0.25, -0.2) is 4.98 Å². The van der Waals surface area contributed by atoms with Crippen LogP contribution in [0, 0.1) is 0 Å². The van der Waals surface area contributed by atoms with Gasteiger partial charge in [0.05, 0.1) is 18.7 Å². The molecular formula is C13H17N3OS. The van der Waals surface area contributed by atoms with Crippen molar-refractivity contribution in [3.8, 4) is 0 Å². The Morgan fingerprint density at radius 3 is 3.11 bits per heavy atom. The van der Waals surface area contributed by atoms with Crippen molar-refractivity contribution in [3.05, 3.63) is 23.5 Å². The third kappa shape index (κ3) is 2.62. The molecule has 0 radical (unpaired) electrons. The van der Waals surface area contributed by atoms with Crippen LogP contribution in [0.4, 0.5) is 0 Å². The van der Waals surface area contributed by atoms with Crippen molar-refractivity contribution in [2.75, 3.05) is 6.54 Å². The lowest BCUT2D eigenvalue weighted by atomic mass is 10.2. The fourth-order valence-corrected chi connectivity index (χ4v) is 3.23. The SMILES string of the molecule is O=C(CNC1CCCC1)Cc1cn2ccsc2n1. The summed E-state index contributed by atoms with van der Waals surface area (Å²) in [5.41, 5.74) is 0.875. The monoisotopic (exact) mass is 263 g/mol. The smallest absolute Gasteiger partial charge is 0.193 e. The summed E-state index contributed by atoms with van der Waals surface area (Å²) in [4.78, 5) is 17.2. The number of rotatable bonds is 5. The molecule has 1 aliphatic rings. The van der Waals surface area contributed by atoms with Crippen LogP contribution in [0.1, 0.15) is 31.4 Å². The number of hydrogen-bond donors (Lipinski definition) is 1. The van der Waals surface area contributed by atoms with Gasteiger partial charge < -0.3 is 5.32 Å². The average molecular weight is 263 g/mol. The second kappa shape index (κ2) is 5.20. The van der Waals surface area contributed by atoms with Gasteiger partial charge in [0.25, 0.3) is 0 Å². The largest absolute Gasteiger partial charge is 0.307 e. The van der Waals surface area contributed by atoms with Crippen molar-refractivity contribution in [2.45, 2.75) is 38.1 Å². The molecule has 1 aliphatic carbocycles. The molecule has 0 bridgehead atoms. The van der Waals surface area contributed by atoms with Crippen molar-refractivity contribution in [3.63, 3.8) is 0 Å². The van der Waals surface area contributed by atoms with Gasteiger partial charge in [-0.3, -0.25) is 9.20 Å². The molecular weight excluding hydrogens is 246 g/mol. The van der Waals surface area contributed by atoms with Crippen molar-refractivity contribution < 1.29 is 4.79 Å². The van der Waals surface area contributed by atoms with Crippen LogP contribution in [0.15, 0.2) is 17.8 Å². The van der Waals surface area contributed by atoms with E-state index < -0.39 is 0 Å². The van der Waals surface area contributed by atoms with Crippen LogP contribution >= 0.6 is 11.3 Å². The van der Waals surface area contributed by atoms with E-state index in [1.807, 2.05) is 22.2 Å². The molecule has 0 unspecified atom stereocenters. The van der Waals surface area contributed by atoms with Crippen molar-refractivity contribution in [1.29, 1.82) is 0 Å². The number of Topliss-reactive ketones (excluding diaryl/α,β-unsaturated/α-hetero) is 1. The van der Waals surface area contributed by atoms with Gasteiger partial charge in [0.15, 0.2) is 10.7 Å². The summed E-state index contributed by atoms with van der Waals surface area (Å²) in [6.07, 6.45) is 9.37. The number of nitrogens with one attached hydrogen (secondary N) is 1. The van der Waals surface area contributed by atoms with E-state index in [0.29, 0.717) is 19.0 Å². The van der Waals surface area contributed by atoms with Gasteiger partial charge >= 0.3 is 0 Å². The average Bonchev–Trinajstić information content (AvgIpc) is 3.01. The zero-order valence-corrected chi connectivity index (χ0v) is 11.1. The van der Waals surface area contributed by atoms with E-state index in [9.17, 15) is 4.79 Å². The maximum Gasteiger partial charge on any atom is 0.193 e. The molecule has 5 heteroatoms. The Bertz CT molecular complexity index is 511. The number of imidazole rings is 1. The molecule has 0 spiro atoms. The number of aromatic nitrogens is 2. The van der Waals surface area contributed by atoms with Crippen molar-refractivity contribution in [2.24, 2.45) is 0 Å². The number of nitrogens with zero attached hydrogens (tertiary/aromatic N) is 2. The molecule has 96 valence electrons. The van der Waals surface area contributed by atoms with Crippen LogP contribution in [-0.2, 0) is 11.2 Å². The van der Waals surface area contributed by atoms with Gasteiger partial charge in [0, 0.05) is 23.8 Å². The third-order valence-electron chi connectivity index (χ3n) is 3.46. The van der Waals surface area contributed by atoms with Crippen LogP contribution in [0.25, 0.3) is 4.96 Å². The van der Waals surface area contributed by atoms with Crippen LogP contribution < -0.4 is 5.32 Å². The maximum atomic E-state index is 11.9. The van der Waals surface area contributed by atoms with Crippen LogP contribution in [-0.4, -0.2) is 27.8 Å². The predicted molar refractivity (Wildman–Crippen MR) is 72.0 cm³/mol. The van der Waals surface area contributed by atoms with E-state index in [0.717, 1.165) is 10.7 Å². The molecule has 0 saturated heterocycles. The molecule has 3 rings (SSSR count). The highest BCUT2D eigenvalue weighted by Crippen LogP contribution is 2.17. The number of carbonyl (C=O) groups is 1. The van der Waals surface area contributed by atoms with E-state index >= 15 is 0 Å². The van der Waals surface area contributed by atoms with Gasteiger partial charge in [-0.15, -0.1) is 11.3 Å². The lowest BCUT2D eigenvalue weighted by Crippen LogP contribution is -2.32. The Morgan fingerprint density at radius 2 is 2.33 bits per heavy atom. The van der Waals surface area contributed by atoms with E-state index in [-0.39, 0.29) is 5.78 Å². The topological polar surface area (TPSA) is 46.4 Å². The number of ketones is 1. The van der Waals surface area contributed by atoms with Gasteiger partial charge in [-0.1, -0.05) is 12.8 Å². The Balaban J connectivity index is 1.52. The summed E-state index contributed by atoms with van der Waals surface area (Å²) >= 11 is 1.59. The van der Waals surface area contributed by atoms with Gasteiger partial charge in [0.1, 0.15) is 0 Å². The minimum Gasteiger partial charge on any atom is -0.307 e. The first kappa shape index (κ1) is 11.9. The summed E-state index contributed by atoms with van der Waals surface area (Å²) < 4.78 is 1.97. The number of thiazole rings is 1. The quantitative estimate of drug-likeness (QED) is 0.898. The zero-order valence-electron chi connectivity index (χ0n) is 10.3. The summed E-state index contributed by atoms with van der Waals surface area (Å²) in [7, 11) is 0. The second-order valence-corrected chi connectivity index (χ2v) is 5.78. The van der Waals surface area contributed by atoms with Crippen molar-refractivity contribution in [1.82, 2.24) is 14.7 Å². The normalized spacial score (nSPS) is 16.7. The molecule has 1 saturated carbocycles. The molecule has 0 aromatic carbocycles. The Hall–Kier alpha value is -1.20. The van der Waals surface area contributed by atoms with Gasteiger partial charge in [0.2, 0.25) is 0 Å². The molecule has 2 heterocycles. The summed E-state index contributed by atoms with van der Waals surface area (Å²) in [6, 6.07) is 0.555. The highest BCUT2D eigenvalue weighted by atomic mass is 32.1. The molecule has 1 N–H and O–H groups in total. The molecule has 4 nitrogen and oxygen atoms in total. The Kier molecular flexibility index (Phi) is 3.43. The Labute approximate surface area is 110 Å². The first-order valence-electron chi connectivity index (χ1n) is 6.47. The molecule has 0 aliphatic heterocycles. The molecule has 1 fully saturated rings. The molecule has 0 amide bonds. The predicted octanol–water partition coefficient (Wildman–Crippen LogP) is 2.04. The van der Waals surface area contributed by atoms with Crippen molar-refractivity contribution >= 4 is 22.1 Å². The van der Waals surface area contributed by atoms with Crippen LogP contribution in [0.2, 0.25) is 0 Å². The minimum absolute atomic E-state index is 0.229. The number of carbonyl (C=O) groups excluding carboxylic acids is 1. The lowest BCUT2D eigenvalue weighted by molar-refractivity contribution is -0.117. The van der Waals surface area contributed by atoms with E-state index in [1.54, 1.807) is 11.3 Å². The third-order valence-corrected chi connectivity index (χ3v) is 4.24. The molecule has 2 aromatic heterocycles. The number of fused-ring (bicyclic) bond motifs is 1. The highest BCUT2D eigenvalue weighted by molar-refractivity contribution is 7.15. The standard InChI is InChI=1S/C13H17N3OS/c17-12(8-14-10-3-1-2-4-10)7-11-9-16-5-6-18-13(16)15-11/h5-6,9-10,14H,1-4,7-8H2. The van der Waals surface area contributed by atoms with E-state index in [1.165, 1.54) is 25.7 Å². The summed E-state index contributed by atoms with van der Waals surface area (Å²) in [5.74, 6) is 0.229. The van der Waals surface area contributed by atoms with Crippen LogP contribution in [0.3, 0.4) is 0 Å². The summed E-state index contributed by atoms with van der Waals surface area (Å²) in [6.45, 7) is 0.482. The van der Waals surface area contributed by atoms with E-state index in [4.69, 9.17) is 0 Å². The summed E-state index contributed by atoms with van der Waals surface area (Å²) in [5, 5.41) is 5.34. The van der Waals surface area contributed by atoms with Gasteiger partial charge in [-0.2, -0.15) is 0 Å². The maximum absolute atomic E-state index is 11.9. The number of hydrogen-bond acceptors (Lipinski definition) is 4. The van der Waals surface area contributed by atoms with Gasteiger partial charge in [-0.05, 0) is 12.8 Å². The Morgan fingerprint density at radius 1 is 1.50 bits per heavy atom.